The fourth-order valence-corrected chi connectivity index (χ4v) is 2.61. The standard InChI is InChI=1S/C15H15NO3/c1-18-13-8-11-10(4-3-5-12(11)16-17)14(9-6-7-9)15(13)19-2/h3-5,8-9H,6-7H2,1-2H3. The van der Waals surface area contributed by atoms with Gasteiger partial charge in [0.25, 0.3) is 0 Å². The second-order valence-electron chi connectivity index (χ2n) is 4.76. The van der Waals surface area contributed by atoms with Crippen LogP contribution in [-0.2, 0) is 0 Å². The molecule has 4 nitrogen and oxygen atoms in total. The number of hydrogen-bond acceptors (Lipinski definition) is 4. The first-order chi connectivity index (χ1) is 9.30. The second kappa shape index (κ2) is 4.53. The molecule has 2 aromatic carbocycles. The molecule has 0 radical (unpaired) electrons. The van der Waals surface area contributed by atoms with Gasteiger partial charge in [0.15, 0.2) is 11.5 Å². The minimum absolute atomic E-state index is 0.445. The lowest BCUT2D eigenvalue weighted by Crippen LogP contribution is -1.96. The van der Waals surface area contributed by atoms with Crippen LogP contribution in [0.3, 0.4) is 0 Å². The van der Waals surface area contributed by atoms with Gasteiger partial charge in [0, 0.05) is 10.9 Å². The van der Waals surface area contributed by atoms with Gasteiger partial charge in [-0.3, -0.25) is 0 Å². The monoisotopic (exact) mass is 257 g/mol. The Morgan fingerprint density at radius 3 is 2.53 bits per heavy atom. The van der Waals surface area contributed by atoms with Crippen LogP contribution in [-0.4, -0.2) is 14.2 Å². The first-order valence-corrected chi connectivity index (χ1v) is 6.31. The van der Waals surface area contributed by atoms with Gasteiger partial charge in [0.05, 0.1) is 14.2 Å². The highest BCUT2D eigenvalue weighted by atomic mass is 16.5. The van der Waals surface area contributed by atoms with E-state index >= 15 is 0 Å². The topological polar surface area (TPSA) is 47.9 Å². The number of ether oxygens (including phenoxy) is 2. The van der Waals surface area contributed by atoms with Crippen molar-refractivity contribution in [2.24, 2.45) is 5.18 Å². The lowest BCUT2D eigenvalue weighted by molar-refractivity contribution is 0.353. The number of hydrogen-bond donors (Lipinski definition) is 0. The summed E-state index contributed by atoms with van der Waals surface area (Å²) in [6.07, 6.45) is 2.30. The van der Waals surface area contributed by atoms with Crippen molar-refractivity contribution in [1.82, 2.24) is 0 Å². The third-order valence-corrected chi connectivity index (χ3v) is 3.63. The first kappa shape index (κ1) is 12.0. The molecule has 0 N–H and O–H groups in total. The summed E-state index contributed by atoms with van der Waals surface area (Å²) in [7, 11) is 3.26. The molecule has 0 unspecified atom stereocenters. The number of nitrogens with zero attached hydrogens (tertiary/aromatic N) is 1. The van der Waals surface area contributed by atoms with Crippen molar-refractivity contribution < 1.29 is 9.47 Å². The molecule has 0 heterocycles. The summed E-state index contributed by atoms with van der Waals surface area (Å²) in [5.41, 5.74) is 1.59. The zero-order valence-corrected chi connectivity index (χ0v) is 11.0. The molecule has 0 atom stereocenters. The normalized spacial score (nSPS) is 14.4. The summed E-state index contributed by atoms with van der Waals surface area (Å²) in [5.74, 6) is 1.93. The summed E-state index contributed by atoms with van der Waals surface area (Å²) >= 11 is 0. The van der Waals surface area contributed by atoms with Gasteiger partial charge in [-0.15, -0.1) is 4.91 Å². The fourth-order valence-electron chi connectivity index (χ4n) is 2.61. The molecular formula is C15H15NO3. The van der Waals surface area contributed by atoms with Gasteiger partial charge in [0.2, 0.25) is 0 Å². The summed E-state index contributed by atoms with van der Waals surface area (Å²) < 4.78 is 10.9. The zero-order chi connectivity index (χ0) is 13.4. The van der Waals surface area contributed by atoms with Crippen LogP contribution in [0.5, 0.6) is 11.5 Å². The van der Waals surface area contributed by atoms with Gasteiger partial charge in [0.1, 0.15) is 5.69 Å². The number of nitroso groups, excluding NO2 is 1. The lowest BCUT2D eigenvalue weighted by Gasteiger charge is -2.16. The Balaban J connectivity index is 2.40. The molecule has 0 aromatic heterocycles. The van der Waals surface area contributed by atoms with Crippen LogP contribution in [0.1, 0.15) is 24.3 Å². The lowest BCUT2D eigenvalue weighted by atomic mass is 9.98. The first-order valence-electron chi connectivity index (χ1n) is 6.31. The van der Waals surface area contributed by atoms with Crippen LogP contribution in [0, 0.1) is 4.91 Å². The Hall–Kier alpha value is -2.10. The van der Waals surface area contributed by atoms with Crippen LogP contribution in [0.4, 0.5) is 5.69 Å². The highest BCUT2D eigenvalue weighted by Gasteiger charge is 2.31. The van der Waals surface area contributed by atoms with Crippen LogP contribution >= 0.6 is 0 Å². The molecule has 2 aromatic rings. The largest absolute Gasteiger partial charge is 0.493 e. The maximum atomic E-state index is 10.9. The Morgan fingerprint density at radius 2 is 1.95 bits per heavy atom. The predicted octanol–water partition coefficient (Wildman–Crippen LogP) is 4.13. The van der Waals surface area contributed by atoms with E-state index in [4.69, 9.17) is 9.47 Å². The van der Waals surface area contributed by atoms with E-state index in [-0.39, 0.29) is 0 Å². The van der Waals surface area contributed by atoms with Crippen molar-refractivity contribution in [2.75, 3.05) is 14.2 Å². The minimum atomic E-state index is 0.445. The molecule has 1 aliphatic carbocycles. The molecule has 4 heteroatoms. The molecule has 1 fully saturated rings. The van der Waals surface area contributed by atoms with Gasteiger partial charge >= 0.3 is 0 Å². The number of benzene rings is 2. The predicted molar refractivity (Wildman–Crippen MR) is 74.5 cm³/mol. The van der Waals surface area contributed by atoms with E-state index in [2.05, 4.69) is 5.18 Å². The molecule has 0 amide bonds. The maximum absolute atomic E-state index is 10.9. The van der Waals surface area contributed by atoms with E-state index in [1.807, 2.05) is 18.2 Å². The van der Waals surface area contributed by atoms with E-state index in [1.165, 1.54) is 0 Å². The summed E-state index contributed by atoms with van der Waals surface area (Å²) in [5, 5.41) is 4.97. The summed E-state index contributed by atoms with van der Waals surface area (Å²) in [6.45, 7) is 0. The number of rotatable bonds is 4. The third-order valence-electron chi connectivity index (χ3n) is 3.63. The average molecular weight is 257 g/mol. The Labute approximate surface area is 111 Å². The molecule has 0 bridgehead atoms. The minimum Gasteiger partial charge on any atom is -0.493 e. The molecule has 1 saturated carbocycles. The molecule has 0 aliphatic heterocycles. The van der Waals surface area contributed by atoms with E-state index in [0.29, 0.717) is 17.4 Å². The van der Waals surface area contributed by atoms with E-state index in [0.717, 1.165) is 34.9 Å². The van der Waals surface area contributed by atoms with Crippen molar-refractivity contribution in [1.29, 1.82) is 0 Å². The van der Waals surface area contributed by atoms with Gasteiger partial charge in [-0.2, -0.15) is 0 Å². The van der Waals surface area contributed by atoms with Crippen LogP contribution in [0.2, 0.25) is 0 Å². The van der Waals surface area contributed by atoms with Crippen molar-refractivity contribution in [3.8, 4) is 11.5 Å². The SMILES string of the molecule is COc1cc2c(N=O)cccc2c(C2CC2)c1OC. The average Bonchev–Trinajstić information content (AvgIpc) is 3.28. The molecule has 19 heavy (non-hydrogen) atoms. The highest BCUT2D eigenvalue weighted by Crippen LogP contribution is 2.51. The van der Waals surface area contributed by atoms with Crippen LogP contribution < -0.4 is 9.47 Å². The van der Waals surface area contributed by atoms with Gasteiger partial charge < -0.3 is 9.47 Å². The molecular weight excluding hydrogens is 242 g/mol. The van der Waals surface area contributed by atoms with Crippen molar-refractivity contribution in [2.45, 2.75) is 18.8 Å². The van der Waals surface area contributed by atoms with Crippen molar-refractivity contribution >= 4 is 16.5 Å². The smallest absolute Gasteiger partial charge is 0.164 e. The van der Waals surface area contributed by atoms with Crippen LogP contribution in [0.25, 0.3) is 10.8 Å². The molecule has 1 aliphatic rings. The van der Waals surface area contributed by atoms with Crippen LogP contribution in [0.15, 0.2) is 29.4 Å². The van der Waals surface area contributed by atoms with Gasteiger partial charge in [-0.1, -0.05) is 12.1 Å². The summed E-state index contributed by atoms with van der Waals surface area (Å²) in [4.78, 5) is 10.9. The third kappa shape index (κ3) is 1.84. The zero-order valence-electron chi connectivity index (χ0n) is 11.0. The number of fused-ring (bicyclic) bond motifs is 1. The molecule has 0 saturated heterocycles. The summed E-state index contributed by atoms with van der Waals surface area (Å²) in [6, 6.07) is 7.42. The van der Waals surface area contributed by atoms with Gasteiger partial charge in [-0.05, 0) is 41.5 Å². The highest BCUT2D eigenvalue weighted by molar-refractivity contribution is 5.98. The quantitative estimate of drug-likeness (QED) is 0.773. The van der Waals surface area contributed by atoms with Crippen molar-refractivity contribution in [3.63, 3.8) is 0 Å². The Kier molecular flexibility index (Phi) is 2.85. The Bertz CT molecular complexity index is 647. The maximum Gasteiger partial charge on any atom is 0.164 e. The Morgan fingerprint density at radius 1 is 1.16 bits per heavy atom. The van der Waals surface area contributed by atoms with Gasteiger partial charge in [-0.25, -0.2) is 0 Å². The van der Waals surface area contributed by atoms with E-state index in [1.54, 1.807) is 20.3 Å². The second-order valence-corrected chi connectivity index (χ2v) is 4.76. The van der Waals surface area contributed by atoms with Crippen molar-refractivity contribution in [3.05, 3.63) is 34.7 Å². The molecule has 0 spiro atoms. The molecule has 3 rings (SSSR count). The van der Waals surface area contributed by atoms with E-state index < -0.39 is 0 Å². The fraction of sp³-hybridized carbons (Fsp3) is 0.333. The van der Waals surface area contributed by atoms with E-state index in [9.17, 15) is 4.91 Å². The number of methoxy groups -OCH3 is 2. The molecule has 98 valence electrons.